The Labute approximate surface area is 105 Å². The highest BCUT2D eigenvalue weighted by Crippen LogP contribution is 2.24. The van der Waals surface area contributed by atoms with E-state index in [0.717, 1.165) is 12.0 Å². The molecule has 0 bridgehead atoms. The SMILES string of the molecule is Cc1c(C(=O)c2cn[nH]c2)[nH]c(C(C)C)c1C=O. The summed E-state index contributed by atoms with van der Waals surface area (Å²) in [5.41, 5.74) is 3.01. The molecule has 5 nitrogen and oxygen atoms in total. The number of carbonyl (C=O) groups excluding carboxylic acids is 2. The zero-order valence-corrected chi connectivity index (χ0v) is 10.6. The third-order valence-electron chi connectivity index (χ3n) is 3.01. The lowest BCUT2D eigenvalue weighted by Crippen LogP contribution is -2.02. The highest BCUT2D eigenvalue weighted by molar-refractivity contribution is 6.09. The number of rotatable bonds is 4. The summed E-state index contributed by atoms with van der Waals surface area (Å²) in [4.78, 5) is 26.4. The van der Waals surface area contributed by atoms with Gasteiger partial charge < -0.3 is 4.98 Å². The first-order valence-corrected chi connectivity index (χ1v) is 5.77. The lowest BCUT2D eigenvalue weighted by molar-refractivity contribution is 0.103. The summed E-state index contributed by atoms with van der Waals surface area (Å²) in [6.07, 6.45) is 3.81. The molecule has 2 heterocycles. The van der Waals surface area contributed by atoms with Crippen molar-refractivity contribution >= 4 is 12.1 Å². The smallest absolute Gasteiger partial charge is 0.212 e. The second-order valence-corrected chi connectivity index (χ2v) is 4.54. The summed E-state index contributed by atoms with van der Waals surface area (Å²) in [5.74, 6) is 0.00560. The van der Waals surface area contributed by atoms with Crippen LogP contribution in [0, 0.1) is 6.92 Å². The first kappa shape index (κ1) is 12.3. The Balaban J connectivity index is 2.53. The van der Waals surface area contributed by atoms with Crippen molar-refractivity contribution < 1.29 is 9.59 Å². The third-order valence-corrected chi connectivity index (χ3v) is 3.01. The van der Waals surface area contributed by atoms with E-state index in [1.54, 1.807) is 6.92 Å². The number of aldehydes is 1. The lowest BCUT2D eigenvalue weighted by Gasteiger charge is -2.02. The second-order valence-electron chi connectivity index (χ2n) is 4.54. The molecule has 0 aliphatic carbocycles. The summed E-state index contributed by atoms with van der Waals surface area (Å²) >= 11 is 0. The monoisotopic (exact) mass is 245 g/mol. The third kappa shape index (κ3) is 1.88. The molecule has 0 aliphatic rings. The second kappa shape index (κ2) is 4.60. The van der Waals surface area contributed by atoms with E-state index in [0.29, 0.717) is 22.4 Å². The zero-order chi connectivity index (χ0) is 13.3. The van der Waals surface area contributed by atoms with Crippen LogP contribution in [0.5, 0.6) is 0 Å². The van der Waals surface area contributed by atoms with Crippen LogP contribution in [0.1, 0.15) is 57.4 Å². The minimum atomic E-state index is -0.156. The van der Waals surface area contributed by atoms with Crippen LogP contribution in [0.2, 0.25) is 0 Å². The van der Waals surface area contributed by atoms with Gasteiger partial charge in [0.25, 0.3) is 0 Å². The molecular formula is C13H15N3O2. The summed E-state index contributed by atoms with van der Waals surface area (Å²) in [6, 6.07) is 0. The van der Waals surface area contributed by atoms with Crippen LogP contribution in [0.25, 0.3) is 0 Å². The van der Waals surface area contributed by atoms with Crippen LogP contribution in [-0.4, -0.2) is 27.3 Å². The molecular weight excluding hydrogens is 230 g/mol. The van der Waals surface area contributed by atoms with E-state index < -0.39 is 0 Å². The molecule has 0 atom stereocenters. The van der Waals surface area contributed by atoms with Crippen molar-refractivity contribution in [3.63, 3.8) is 0 Å². The maximum atomic E-state index is 12.2. The largest absolute Gasteiger partial charge is 0.355 e. The molecule has 5 heteroatoms. The predicted molar refractivity (Wildman–Crippen MR) is 67.0 cm³/mol. The molecule has 0 unspecified atom stereocenters. The van der Waals surface area contributed by atoms with Crippen molar-refractivity contribution in [1.82, 2.24) is 15.2 Å². The van der Waals surface area contributed by atoms with Crippen molar-refractivity contribution in [2.45, 2.75) is 26.7 Å². The highest BCUT2D eigenvalue weighted by Gasteiger charge is 2.21. The first-order valence-electron chi connectivity index (χ1n) is 5.77. The molecule has 2 rings (SSSR count). The van der Waals surface area contributed by atoms with Crippen LogP contribution < -0.4 is 0 Å². The topological polar surface area (TPSA) is 78.6 Å². The van der Waals surface area contributed by atoms with Crippen molar-refractivity contribution in [2.75, 3.05) is 0 Å². The van der Waals surface area contributed by atoms with Gasteiger partial charge in [0.1, 0.15) is 0 Å². The van der Waals surface area contributed by atoms with Gasteiger partial charge in [-0.15, -0.1) is 0 Å². The molecule has 0 aliphatic heterocycles. The van der Waals surface area contributed by atoms with Gasteiger partial charge in [-0.2, -0.15) is 5.10 Å². The maximum absolute atomic E-state index is 12.2. The van der Waals surface area contributed by atoms with Gasteiger partial charge in [0.2, 0.25) is 5.78 Å². The Morgan fingerprint density at radius 3 is 2.61 bits per heavy atom. The van der Waals surface area contributed by atoms with Crippen LogP contribution in [0.3, 0.4) is 0 Å². The van der Waals surface area contributed by atoms with Gasteiger partial charge in [-0.1, -0.05) is 13.8 Å². The number of aromatic nitrogens is 3. The van der Waals surface area contributed by atoms with Crippen LogP contribution >= 0.6 is 0 Å². The molecule has 94 valence electrons. The van der Waals surface area contributed by atoms with Crippen LogP contribution in [0.4, 0.5) is 0 Å². The van der Waals surface area contributed by atoms with E-state index in [-0.39, 0.29) is 11.7 Å². The summed E-state index contributed by atoms with van der Waals surface area (Å²) in [5, 5.41) is 6.36. The number of H-pyrrole nitrogens is 2. The fourth-order valence-corrected chi connectivity index (χ4v) is 1.99. The molecule has 2 aromatic rings. The van der Waals surface area contributed by atoms with E-state index in [4.69, 9.17) is 0 Å². The molecule has 0 saturated heterocycles. The molecule has 0 aromatic carbocycles. The van der Waals surface area contributed by atoms with Crippen molar-refractivity contribution in [2.24, 2.45) is 0 Å². The normalized spacial score (nSPS) is 10.9. The minimum Gasteiger partial charge on any atom is -0.355 e. The number of hydrogen-bond donors (Lipinski definition) is 2. The van der Waals surface area contributed by atoms with E-state index in [9.17, 15) is 9.59 Å². The fourth-order valence-electron chi connectivity index (χ4n) is 1.99. The van der Waals surface area contributed by atoms with E-state index in [2.05, 4.69) is 15.2 Å². The first-order chi connectivity index (χ1) is 8.56. The van der Waals surface area contributed by atoms with Gasteiger partial charge in [0, 0.05) is 17.5 Å². The van der Waals surface area contributed by atoms with E-state index in [1.165, 1.54) is 12.4 Å². The molecule has 0 amide bonds. The van der Waals surface area contributed by atoms with E-state index >= 15 is 0 Å². The molecule has 0 radical (unpaired) electrons. The zero-order valence-electron chi connectivity index (χ0n) is 10.6. The van der Waals surface area contributed by atoms with Crippen LogP contribution in [-0.2, 0) is 0 Å². The quantitative estimate of drug-likeness (QED) is 0.640. The van der Waals surface area contributed by atoms with Gasteiger partial charge in [-0.3, -0.25) is 14.7 Å². The van der Waals surface area contributed by atoms with Crippen molar-refractivity contribution in [3.8, 4) is 0 Å². The number of carbonyl (C=O) groups is 2. The number of aromatic amines is 2. The van der Waals surface area contributed by atoms with Gasteiger partial charge in [-0.05, 0) is 18.4 Å². The summed E-state index contributed by atoms with van der Waals surface area (Å²) in [6.45, 7) is 5.73. The number of ketones is 1. The molecule has 0 saturated carbocycles. The Hall–Kier alpha value is -2.17. The van der Waals surface area contributed by atoms with Crippen molar-refractivity contribution in [1.29, 1.82) is 0 Å². The Kier molecular flexibility index (Phi) is 3.14. The minimum absolute atomic E-state index is 0.156. The summed E-state index contributed by atoms with van der Waals surface area (Å²) < 4.78 is 0. The number of nitrogens with one attached hydrogen (secondary N) is 2. The predicted octanol–water partition coefficient (Wildman–Crippen LogP) is 2.21. The average molecular weight is 245 g/mol. The lowest BCUT2D eigenvalue weighted by atomic mass is 10.0. The fraction of sp³-hybridized carbons (Fsp3) is 0.308. The van der Waals surface area contributed by atoms with Gasteiger partial charge in [-0.25, -0.2) is 0 Å². The molecule has 18 heavy (non-hydrogen) atoms. The molecule has 0 fully saturated rings. The number of nitrogens with zero attached hydrogens (tertiary/aromatic N) is 1. The van der Waals surface area contributed by atoms with Gasteiger partial charge in [0.15, 0.2) is 6.29 Å². The summed E-state index contributed by atoms with van der Waals surface area (Å²) in [7, 11) is 0. The van der Waals surface area contributed by atoms with Crippen LogP contribution in [0.15, 0.2) is 12.4 Å². The van der Waals surface area contributed by atoms with Crippen molar-refractivity contribution in [3.05, 3.63) is 40.5 Å². The Bertz CT molecular complexity index is 580. The molecule has 2 aromatic heterocycles. The van der Waals surface area contributed by atoms with E-state index in [1.807, 2.05) is 13.8 Å². The average Bonchev–Trinajstić information content (AvgIpc) is 2.95. The Morgan fingerprint density at radius 1 is 1.44 bits per heavy atom. The highest BCUT2D eigenvalue weighted by atomic mass is 16.1. The Morgan fingerprint density at radius 2 is 2.17 bits per heavy atom. The number of hydrogen-bond acceptors (Lipinski definition) is 3. The van der Waals surface area contributed by atoms with Gasteiger partial charge >= 0.3 is 0 Å². The molecule has 0 spiro atoms. The standard InChI is InChI=1S/C13H15N3O2/c1-7(2)11-10(6-17)8(3)12(16-11)13(18)9-4-14-15-5-9/h4-7,16H,1-3H3,(H,14,15). The maximum Gasteiger partial charge on any atom is 0.212 e. The van der Waals surface area contributed by atoms with Gasteiger partial charge in [0.05, 0.1) is 17.5 Å². The molecule has 2 N–H and O–H groups in total.